The fraction of sp³-hybridized carbons (Fsp3) is 0.214. The number of rotatable bonds is 6. The third-order valence-corrected chi connectivity index (χ3v) is 5.93. The average Bonchev–Trinajstić information content (AvgIpc) is 3.25. The summed E-state index contributed by atoms with van der Waals surface area (Å²) >= 11 is 0. The molecule has 0 saturated heterocycles. The van der Waals surface area contributed by atoms with Crippen LogP contribution in [0.4, 0.5) is 5.82 Å². The van der Waals surface area contributed by atoms with Crippen molar-refractivity contribution in [3.63, 3.8) is 0 Å². The van der Waals surface area contributed by atoms with E-state index in [-0.39, 0.29) is 12.5 Å². The van der Waals surface area contributed by atoms with Crippen LogP contribution >= 0.6 is 0 Å². The number of para-hydroxylation sites is 1. The number of fused-ring (bicyclic) bond motifs is 2. The lowest BCUT2D eigenvalue weighted by Crippen LogP contribution is -2.20. The van der Waals surface area contributed by atoms with Crippen molar-refractivity contribution in [2.75, 3.05) is 5.32 Å². The molecule has 2 aromatic heterocycles. The van der Waals surface area contributed by atoms with Crippen molar-refractivity contribution in [3.8, 4) is 23.2 Å². The number of carboxylic acids is 1. The first-order chi connectivity index (χ1) is 16.7. The van der Waals surface area contributed by atoms with E-state index in [0.717, 1.165) is 40.7 Å². The Labute approximate surface area is 198 Å². The van der Waals surface area contributed by atoms with Gasteiger partial charge in [-0.05, 0) is 66.8 Å². The van der Waals surface area contributed by atoms with Crippen molar-refractivity contribution >= 4 is 22.7 Å². The molecule has 5 rings (SSSR count). The molecule has 2 heterocycles. The smallest absolute Gasteiger partial charge is 0.303 e. The largest absolute Gasteiger partial charge is 0.481 e. The number of pyridine rings is 1. The van der Waals surface area contributed by atoms with Crippen molar-refractivity contribution in [2.45, 2.75) is 38.1 Å². The maximum absolute atomic E-state index is 10.6. The van der Waals surface area contributed by atoms with Crippen LogP contribution in [-0.4, -0.2) is 32.1 Å². The van der Waals surface area contributed by atoms with Gasteiger partial charge >= 0.3 is 5.97 Å². The van der Waals surface area contributed by atoms with E-state index < -0.39 is 5.97 Å². The molecule has 34 heavy (non-hydrogen) atoms. The number of nitrogens with one attached hydrogen (secondary N) is 1. The zero-order valence-electron chi connectivity index (χ0n) is 18.7. The van der Waals surface area contributed by atoms with E-state index in [2.05, 4.69) is 34.3 Å². The number of unbranched alkanes of at least 4 members (excludes halogenated alkanes) is 1. The number of nitrogens with zero attached hydrogens (tertiary/aromatic N) is 3. The highest BCUT2D eigenvalue weighted by molar-refractivity contribution is 5.90. The van der Waals surface area contributed by atoms with Crippen LogP contribution in [0.3, 0.4) is 0 Å². The van der Waals surface area contributed by atoms with Gasteiger partial charge in [-0.25, -0.2) is 9.97 Å². The molecule has 4 aromatic rings. The molecule has 6 heteroatoms. The van der Waals surface area contributed by atoms with Gasteiger partial charge in [0.05, 0.1) is 5.52 Å². The highest BCUT2D eigenvalue weighted by atomic mass is 16.4. The fourth-order valence-electron chi connectivity index (χ4n) is 4.29. The van der Waals surface area contributed by atoms with Gasteiger partial charge in [0.2, 0.25) is 0 Å². The quantitative estimate of drug-likeness (QED) is 0.323. The predicted molar refractivity (Wildman–Crippen MR) is 132 cm³/mol. The highest BCUT2D eigenvalue weighted by Gasteiger charge is 2.23. The maximum Gasteiger partial charge on any atom is 0.303 e. The van der Waals surface area contributed by atoms with Gasteiger partial charge in [0, 0.05) is 47.8 Å². The van der Waals surface area contributed by atoms with Gasteiger partial charge in [0.25, 0.3) is 0 Å². The molecule has 2 N–H and O–H groups in total. The molecule has 0 aliphatic heterocycles. The number of aliphatic carboxylic acids is 1. The van der Waals surface area contributed by atoms with Crippen LogP contribution in [0.15, 0.2) is 67.0 Å². The standard InChI is InChI=1S/C28H24N4O2/c33-26(34)11-3-1-2-7-19-12-13-20-16-23(17-22(20)15-19)30-28-24-9-4-5-10-25(24)31-27(32-28)21-8-6-14-29-18-21/h4-6,8-10,12-15,18,23H,1,3,11,16-17H2,(H,33,34)(H,30,31,32). The first-order valence-corrected chi connectivity index (χ1v) is 11.4. The van der Waals surface area contributed by atoms with E-state index >= 15 is 0 Å². The fourth-order valence-corrected chi connectivity index (χ4v) is 4.29. The third-order valence-electron chi connectivity index (χ3n) is 5.93. The van der Waals surface area contributed by atoms with E-state index in [0.29, 0.717) is 18.7 Å². The Hall–Kier alpha value is -4.24. The topological polar surface area (TPSA) is 88.0 Å². The van der Waals surface area contributed by atoms with Crippen molar-refractivity contribution in [1.82, 2.24) is 15.0 Å². The summed E-state index contributed by atoms with van der Waals surface area (Å²) in [4.78, 5) is 24.4. The first kappa shape index (κ1) is 21.6. The summed E-state index contributed by atoms with van der Waals surface area (Å²) < 4.78 is 0. The number of carbonyl (C=O) groups is 1. The van der Waals surface area contributed by atoms with Gasteiger partial charge in [-0.1, -0.05) is 30.0 Å². The number of benzene rings is 2. The summed E-state index contributed by atoms with van der Waals surface area (Å²) in [5.41, 5.74) is 5.37. The Kier molecular flexibility index (Phi) is 6.17. The number of hydrogen-bond acceptors (Lipinski definition) is 5. The van der Waals surface area contributed by atoms with Gasteiger partial charge in [0.15, 0.2) is 5.82 Å². The van der Waals surface area contributed by atoms with E-state index in [1.807, 2.05) is 42.5 Å². The lowest BCUT2D eigenvalue weighted by molar-refractivity contribution is -0.137. The summed E-state index contributed by atoms with van der Waals surface area (Å²) in [6, 6.07) is 18.5. The summed E-state index contributed by atoms with van der Waals surface area (Å²) in [7, 11) is 0. The van der Waals surface area contributed by atoms with Crippen LogP contribution < -0.4 is 5.32 Å². The van der Waals surface area contributed by atoms with Gasteiger partial charge in [-0.15, -0.1) is 0 Å². The SMILES string of the molecule is O=C(O)CCCC#Cc1ccc2c(c1)CC(Nc1nc(-c3cccnc3)nc3ccccc13)C2. The Bertz CT molecular complexity index is 1410. The molecule has 0 amide bonds. The van der Waals surface area contributed by atoms with Gasteiger partial charge < -0.3 is 10.4 Å². The molecule has 0 radical (unpaired) electrons. The van der Waals surface area contributed by atoms with Crippen LogP contribution in [0.25, 0.3) is 22.3 Å². The van der Waals surface area contributed by atoms with Gasteiger partial charge in [-0.2, -0.15) is 0 Å². The molecule has 2 aromatic carbocycles. The van der Waals surface area contributed by atoms with E-state index in [4.69, 9.17) is 15.1 Å². The minimum atomic E-state index is -0.776. The third kappa shape index (κ3) is 4.89. The maximum atomic E-state index is 10.6. The van der Waals surface area contributed by atoms with Crippen LogP contribution in [0.1, 0.15) is 36.0 Å². The van der Waals surface area contributed by atoms with Crippen LogP contribution in [-0.2, 0) is 17.6 Å². The van der Waals surface area contributed by atoms with Crippen molar-refractivity contribution in [3.05, 3.63) is 83.7 Å². The molecule has 1 unspecified atom stereocenters. The van der Waals surface area contributed by atoms with E-state index in [1.165, 1.54) is 11.1 Å². The second-order valence-corrected chi connectivity index (χ2v) is 8.44. The molecule has 0 saturated carbocycles. The lowest BCUT2D eigenvalue weighted by Gasteiger charge is -2.15. The van der Waals surface area contributed by atoms with Crippen LogP contribution in [0, 0.1) is 11.8 Å². The zero-order chi connectivity index (χ0) is 23.3. The molecule has 0 spiro atoms. The average molecular weight is 449 g/mol. The molecular formula is C28H24N4O2. The van der Waals surface area contributed by atoms with Crippen molar-refractivity contribution in [2.24, 2.45) is 0 Å². The number of carboxylic acid groups (broad SMARTS) is 1. The summed E-state index contributed by atoms with van der Waals surface area (Å²) in [6.45, 7) is 0. The minimum Gasteiger partial charge on any atom is -0.481 e. The Balaban J connectivity index is 1.34. The van der Waals surface area contributed by atoms with Gasteiger partial charge in [-0.3, -0.25) is 9.78 Å². The molecule has 0 fully saturated rings. The molecule has 168 valence electrons. The first-order valence-electron chi connectivity index (χ1n) is 11.4. The monoisotopic (exact) mass is 448 g/mol. The normalized spacial score (nSPS) is 14.3. The Morgan fingerprint density at radius 3 is 2.79 bits per heavy atom. The van der Waals surface area contributed by atoms with Crippen LogP contribution in [0.2, 0.25) is 0 Å². The number of aromatic nitrogens is 3. The second-order valence-electron chi connectivity index (χ2n) is 8.44. The Morgan fingerprint density at radius 2 is 1.94 bits per heavy atom. The summed E-state index contributed by atoms with van der Waals surface area (Å²) in [5.74, 6) is 6.98. The summed E-state index contributed by atoms with van der Waals surface area (Å²) in [5, 5.41) is 13.4. The van der Waals surface area contributed by atoms with Crippen LogP contribution in [0.5, 0.6) is 0 Å². The molecule has 1 aliphatic carbocycles. The molecule has 1 atom stereocenters. The number of anilines is 1. The molecule has 0 bridgehead atoms. The highest BCUT2D eigenvalue weighted by Crippen LogP contribution is 2.29. The second kappa shape index (κ2) is 9.72. The predicted octanol–water partition coefficient (Wildman–Crippen LogP) is 4.88. The van der Waals surface area contributed by atoms with Crippen molar-refractivity contribution < 1.29 is 9.90 Å². The number of hydrogen-bond donors (Lipinski definition) is 2. The molecule has 1 aliphatic rings. The molecular weight excluding hydrogens is 424 g/mol. The minimum absolute atomic E-state index is 0.159. The van der Waals surface area contributed by atoms with E-state index in [9.17, 15) is 4.79 Å². The molecule has 6 nitrogen and oxygen atoms in total. The zero-order valence-corrected chi connectivity index (χ0v) is 18.7. The van der Waals surface area contributed by atoms with Gasteiger partial charge in [0.1, 0.15) is 5.82 Å². The van der Waals surface area contributed by atoms with Crippen molar-refractivity contribution in [1.29, 1.82) is 0 Å². The summed E-state index contributed by atoms with van der Waals surface area (Å²) in [6.07, 6.45) is 6.66. The van der Waals surface area contributed by atoms with E-state index in [1.54, 1.807) is 12.4 Å². The lowest BCUT2D eigenvalue weighted by atomic mass is 10.1. The Morgan fingerprint density at radius 1 is 1.06 bits per heavy atom.